The number of hydrogen-bond acceptors (Lipinski definition) is 5. The zero-order valence-electron chi connectivity index (χ0n) is 16.6. The van der Waals surface area contributed by atoms with Gasteiger partial charge in [-0.05, 0) is 42.2 Å². The van der Waals surface area contributed by atoms with E-state index in [1.807, 2.05) is 12.1 Å². The molecule has 1 aliphatic rings. The van der Waals surface area contributed by atoms with E-state index < -0.39 is 9.84 Å². The van der Waals surface area contributed by atoms with Gasteiger partial charge < -0.3 is 13.7 Å². The van der Waals surface area contributed by atoms with Crippen molar-refractivity contribution in [3.63, 3.8) is 0 Å². The molecule has 7 heteroatoms. The lowest BCUT2D eigenvalue weighted by molar-refractivity contribution is -0.133. The zero-order chi connectivity index (χ0) is 20.6. The van der Waals surface area contributed by atoms with Crippen molar-refractivity contribution in [1.29, 1.82) is 0 Å². The van der Waals surface area contributed by atoms with Crippen molar-refractivity contribution in [3.8, 4) is 0 Å². The second-order valence-corrected chi connectivity index (χ2v) is 10.2. The van der Waals surface area contributed by atoms with Gasteiger partial charge in [0.25, 0.3) is 0 Å². The molecule has 4 rings (SSSR count). The van der Waals surface area contributed by atoms with Crippen molar-refractivity contribution >= 4 is 26.7 Å². The van der Waals surface area contributed by atoms with Crippen molar-refractivity contribution in [3.05, 3.63) is 59.7 Å². The van der Waals surface area contributed by atoms with Crippen LogP contribution < -0.4 is 0 Å². The summed E-state index contributed by atoms with van der Waals surface area (Å²) in [4.78, 5) is 14.9. The monoisotopic (exact) mass is 415 g/mol. The molecule has 1 aliphatic heterocycles. The molecule has 0 bridgehead atoms. The van der Waals surface area contributed by atoms with Crippen LogP contribution in [0.2, 0.25) is 0 Å². The molecule has 2 aromatic heterocycles. The molecule has 1 amide bonds. The van der Waals surface area contributed by atoms with Crippen LogP contribution in [0.5, 0.6) is 0 Å². The minimum Gasteiger partial charge on any atom is -0.467 e. The Morgan fingerprint density at radius 3 is 2.72 bits per heavy atom. The summed E-state index contributed by atoms with van der Waals surface area (Å²) in [6.07, 6.45) is 3.80. The topological polar surface area (TPSA) is 80.7 Å². The predicted molar refractivity (Wildman–Crippen MR) is 110 cm³/mol. The second kappa shape index (κ2) is 7.71. The van der Waals surface area contributed by atoms with E-state index in [9.17, 15) is 13.2 Å². The average molecular weight is 416 g/mol. The molecule has 1 fully saturated rings. The predicted octanol–water partition coefficient (Wildman–Crippen LogP) is 3.91. The minimum atomic E-state index is -3.11. The van der Waals surface area contributed by atoms with Crippen LogP contribution in [0, 0.1) is 0 Å². The third-order valence-electron chi connectivity index (χ3n) is 5.56. The fourth-order valence-corrected chi connectivity index (χ4v) is 5.60. The molecule has 1 unspecified atom stereocenters. The van der Waals surface area contributed by atoms with E-state index in [1.165, 1.54) is 5.56 Å². The Labute approximate surface area is 170 Å². The maximum Gasteiger partial charge on any atom is 0.227 e. The van der Waals surface area contributed by atoms with E-state index in [4.69, 9.17) is 8.83 Å². The highest BCUT2D eigenvalue weighted by atomic mass is 32.2. The molecule has 1 atom stereocenters. The van der Waals surface area contributed by atoms with Crippen molar-refractivity contribution in [1.82, 2.24) is 4.90 Å². The highest BCUT2D eigenvalue weighted by Gasteiger charge is 2.35. The Balaban J connectivity index is 1.61. The number of fused-ring (bicyclic) bond motifs is 1. The molecule has 0 radical (unpaired) electrons. The SMILES string of the molecule is CC(C)c1ccc2occ(CC(=O)N(Cc3ccco3)C3CCS(=O)(=O)C3)c2c1. The molecule has 1 saturated heterocycles. The normalized spacial score (nSPS) is 18.5. The second-order valence-electron chi connectivity index (χ2n) is 8.01. The standard InChI is InChI=1S/C22H25NO5S/c1-15(2)16-5-6-21-20(10-16)17(13-28-21)11-22(24)23(12-19-4-3-8-27-19)18-7-9-29(25,26)14-18/h3-6,8,10,13,15,18H,7,9,11-12,14H2,1-2H3. The van der Waals surface area contributed by atoms with Gasteiger partial charge in [0.2, 0.25) is 5.91 Å². The molecule has 6 nitrogen and oxygen atoms in total. The molecule has 29 heavy (non-hydrogen) atoms. The number of furan rings is 2. The van der Waals surface area contributed by atoms with Crippen LogP contribution in [0.3, 0.4) is 0 Å². The molecule has 0 spiro atoms. The lowest BCUT2D eigenvalue weighted by Gasteiger charge is -2.27. The number of carbonyl (C=O) groups is 1. The fraction of sp³-hybridized carbons (Fsp3) is 0.409. The third kappa shape index (κ3) is 4.24. The van der Waals surface area contributed by atoms with Crippen molar-refractivity contribution in [2.45, 2.75) is 45.2 Å². The molecule has 154 valence electrons. The largest absolute Gasteiger partial charge is 0.467 e. The maximum absolute atomic E-state index is 13.2. The van der Waals surface area contributed by atoms with Gasteiger partial charge in [-0.1, -0.05) is 19.9 Å². The van der Waals surface area contributed by atoms with Crippen LogP contribution in [0.1, 0.15) is 43.1 Å². The lowest BCUT2D eigenvalue weighted by atomic mass is 9.99. The van der Waals surface area contributed by atoms with E-state index in [-0.39, 0.29) is 36.4 Å². The number of benzene rings is 1. The Hall–Kier alpha value is -2.54. The molecular formula is C22H25NO5S. The van der Waals surface area contributed by atoms with E-state index in [0.29, 0.717) is 18.1 Å². The summed E-state index contributed by atoms with van der Waals surface area (Å²) in [7, 11) is -3.11. The van der Waals surface area contributed by atoms with Gasteiger partial charge in [-0.2, -0.15) is 0 Å². The molecular weight excluding hydrogens is 390 g/mol. The van der Waals surface area contributed by atoms with Gasteiger partial charge in [0.1, 0.15) is 11.3 Å². The van der Waals surface area contributed by atoms with Crippen LogP contribution in [-0.2, 0) is 27.6 Å². The number of carbonyl (C=O) groups excluding carboxylic acids is 1. The average Bonchev–Trinajstić information content (AvgIpc) is 3.40. The first-order chi connectivity index (χ1) is 13.8. The lowest BCUT2D eigenvalue weighted by Crippen LogP contribution is -2.41. The van der Waals surface area contributed by atoms with E-state index in [2.05, 4.69) is 19.9 Å². The molecule has 0 N–H and O–H groups in total. The highest BCUT2D eigenvalue weighted by molar-refractivity contribution is 7.91. The summed E-state index contributed by atoms with van der Waals surface area (Å²) in [5, 5.41) is 0.932. The van der Waals surface area contributed by atoms with E-state index in [0.717, 1.165) is 16.5 Å². The van der Waals surface area contributed by atoms with Crippen molar-refractivity contribution in [2.24, 2.45) is 0 Å². The summed E-state index contributed by atoms with van der Waals surface area (Å²) in [5.74, 6) is 1.01. The Kier molecular flexibility index (Phi) is 5.25. The summed E-state index contributed by atoms with van der Waals surface area (Å²) in [5.41, 5.74) is 2.75. The molecule has 1 aromatic carbocycles. The summed E-state index contributed by atoms with van der Waals surface area (Å²) in [6, 6.07) is 9.27. The number of sulfone groups is 1. The maximum atomic E-state index is 13.2. The van der Waals surface area contributed by atoms with Crippen LogP contribution in [-0.4, -0.2) is 36.8 Å². The molecule has 3 aromatic rings. The van der Waals surface area contributed by atoms with Gasteiger partial charge in [0.05, 0.1) is 37.0 Å². The van der Waals surface area contributed by atoms with Gasteiger partial charge >= 0.3 is 0 Å². The smallest absolute Gasteiger partial charge is 0.227 e. The zero-order valence-corrected chi connectivity index (χ0v) is 17.4. The van der Waals surface area contributed by atoms with Gasteiger partial charge in [-0.25, -0.2) is 8.42 Å². The third-order valence-corrected chi connectivity index (χ3v) is 7.31. The first-order valence-corrected chi connectivity index (χ1v) is 11.7. The molecule has 3 heterocycles. The number of hydrogen-bond donors (Lipinski definition) is 0. The quantitative estimate of drug-likeness (QED) is 0.610. The number of nitrogens with zero attached hydrogens (tertiary/aromatic N) is 1. The van der Waals surface area contributed by atoms with Gasteiger partial charge in [0.15, 0.2) is 9.84 Å². The summed E-state index contributed by atoms with van der Waals surface area (Å²) >= 11 is 0. The summed E-state index contributed by atoms with van der Waals surface area (Å²) < 4.78 is 35.0. The highest BCUT2D eigenvalue weighted by Crippen LogP contribution is 2.28. The van der Waals surface area contributed by atoms with Crippen LogP contribution in [0.25, 0.3) is 11.0 Å². The van der Waals surface area contributed by atoms with Crippen LogP contribution >= 0.6 is 0 Å². The number of rotatable bonds is 6. The summed E-state index contributed by atoms with van der Waals surface area (Å²) in [6.45, 7) is 4.51. The van der Waals surface area contributed by atoms with Crippen LogP contribution in [0.15, 0.2) is 51.7 Å². The van der Waals surface area contributed by atoms with Crippen LogP contribution in [0.4, 0.5) is 0 Å². The van der Waals surface area contributed by atoms with Gasteiger partial charge in [0, 0.05) is 17.0 Å². The Morgan fingerprint density at radius 1 is 1.24 bits per heavy atom. The molecule has 0 aliphatic carbocycles. The van der Waals surface area contributed by atoms with Gasteiger partial charge in [-0.3, -0.25) is 4.79 Å². The number of amides is 1. The fourth-order valence-electron chi connectivity index (χ4n) is 3.87. The first kappa shape index (κ1) is 19.8. The van der Waals surface area contributed by atoms with Crippen molar-refractivity contribution < 1.29 is 22.0 Å². The Bertz CT molecular complexity index is 1110. The first-order valence-electron chi connectivity index (χ1n) is 9.85. The Morgan fingerprint density at radius 2 is 2.07 bits per heavy atom. The van der Waals surface area contributed by atoms with E-state index >= 15 is 0 Å². The molecule has 0 saturated carbocycles. The van der Waals surface area contributed by atoms with Crippen molar-refractivity contribution in [2.75, 3.05) is 11.5 Å². The van der Waals surface area contributed by atoms with E-state index in [1.54, 1.807) is 29.6 Å². The minimum absolute atomic E-state index is 0.00306. The van der Waals surface area contributed by atoms with Gasteiger partial charge in [-0.15, -0.1) is 0 Å².